The van der Waals surface area contributed by atoms with Crippen molar-refractivity contribution in [3.8, 4) is 5.75 Å². The lowest BCUT2D eigenvalue weighted by Crippen LogP contribution is -2.42. The predicted octanol–water partition coefficient (Wildman–Crippen LogP) is 4.50. The summed E-state index contributed by atoms with van der Waals surface area (Å²) in [5, 5.41) is 3.47. The topological polar surface area (TPSA) is 58.6 Å². The Labute approximate surface area is 164 Å². The predicted molar refractivity (Wildman–Crippen MR) is 106 cm³/mol. The molecule has 0 aliphatic carbocycles. The summed E-state index contributed by atoms with van der Waals surface area (Å²) in [6, 6.07) is 12.2. The molecule has 0 aromatic heterocycles. The molecule has 2 amide bonds. The average Bonchev–Trinajstić information content (AvgIpc) is 2.78. The molecule has 5 nitrogen and oxygen atoms in total. The van der Waals surface area contributed by atoms with Crippen LogP contribution in [0.3, 0.4) is 0 Å². The maximum atomic E-state index is 12.7. The van der Waals surface area contributed by atoms with Gasteiger partial charge < -0.3 is 15.0 Å². The third-order valence-electron chi connectivity index (χ3n) is 4.59. The summed E-state index contributed by atoms with van der Waals surface area (Å²) in [6.07, 6.45) is 0.124. The molecule has 2 aromatic carbocycles. The first-order chi connectivity index (χ1) is 12.9. The molecule has 0 saturated heterocycles. The zero-order valence-electron chi connectivity index (χ0n) is 15.7. The fourth-order valence-corrected chi connectivity index (χ4v) is 3.17. The molecular formula is C21H23ClN2O3. The molecule has 1 aliphatic heterocycles. The maximum absolute atomic E-state index is 12.7. The monoisotopic (exact) mass is 386 g/mol. The molecule has 0 spiro atoms. The number of carbonyl (C=O) groups is 2. The summed E-state index contributed by atoms with van der Waals surface area (Å²) < 4.78 is 5.94. The van der Waals surface area contributed by atoms with Crippen LogP contribution in [0.2, 0.25) is 5.02 Å². The van der Waals surface area contributed by atoms with Crippen LogP contribution in [0.4, 0.5) is 5.69 Å². The molecule has 3 rings (SSSR count). The van der Waals surface area contributed by atoms with E-state index in [-0.39, 0.29) is 17.9 Å². The van der Waals surface area contributed by atoms with Gasteiger partial charge in [0, 0.05) is 34.4 Å². The van der Waals surface area contributed by atoms with Crippen molar-refractivity contribution < 1.29 is 14.3 Å². The number of hydrogen-bond acceptors (Lipinski definition) is 3. The summed E-state index contributed by atoms with van der Waals surface area (Å²) in [4.78, 5) is 26.9. The Morgan fingerprint density at radius 1 is 1.26 bits per heavy atom. The smallest absolute Gasteiger partial charge is 0.264 e. The highest BCUT2D eigenvalue weighted by Crippen LogP contribution is 2.30. The second-order valence-electron chi connectivity index (χ2n) is 6.86. The van der Waals surface area contributed by atoms with Crippen molar-refractivity contribution in [3.63, 3.8) is 0 Å². The van der Waals surface area contributed by atoms with Gasteiger partial charge in [-0.2, -0.15) is 0 Å². The van der Waals surface area contributed by atoms with E-state index in [2.05, 4.69) is 5.32 Å². The molecule has 1 N–H and O–H groups in total. The number of fused-ring (bicyclic) bond motifs is 1. The van der Waals surface area contributed by atoms with Crippen LogP contribution >= 0.6 is 11.6 Å². The lowest BCUT2D eigenvalue weighted by atomic mass is 10.1. The number of nitrogens with one attached hydrogen (secondary N) is 1. The fraction of sp³-hybridized carbons (Fsp3) is 0.333. The van der Waals surface area contributed by atoms with E-state index in [9.17, 15) is 9.59 Å². The molecule has 6 heteroatoms. The van der Waals surface area contributed by atoms with Gasteiger partial charge in [0.1, 0.15) is 5.75 Å². The first kappa shape index (κ1) is 19.2. The van der Waals surface area contributed by atoms with Crippen LogP contribution in [0.5, 0.6) is 5.75 Å². The van der Waals surface area contributed by atoms with E-state index < -0.39 is 6.10 Å². The van der Waals surface area contributed by atoms with Gasteiger partial charge in [0.25, 0.3) is 11.8 Å². The molecule has 0 radical (unpaired) electrons. The van der Waals surface area contributed by atoms with Crippen molar-refractivity contribution in [2.45, 2.75) is 45.9 Å². The summed E-state index contributed by atoms with van der Waals surface area (Å²) in [7, 11) is 0. The molecular weight excluding hydrogens is 364 g/mol. The number of nitrogens with zero attached hydrogens (tertiary/aromatic N) is 1. The zero-order chi connectivity index (χ0) is 19.6. The third-order valence-corrected chi connectivity index (χ3v) is 4.84. The van der Waals surface area contributed by atoms with Crippen LogP contribution < -0.4 is 10.1 Å². The van der Waals surface area contributed by atoms with E-state index in [1.807, 2.05) is 37.8 Å². The maximum Gasteiger partial charge on any atom is 0.264 e. The number of carbonyl (C=O) groups excluding carboxylic acids is 2. The molecule has 2 aromatic rings. The van der Waals surface area contributed by atoms with Crippen LogP contribution in [0.1, 0.15) is 43.1 Å². The highest BCUT2D eigenvalue weighted by molar-refractivity contribution is 6.30. The Balaban J connectivity index is 1.85. The minimum Gasteiger partial charge on any atom is -0.480 e. The Bertz CT molecular complexity index is 849. The summed E-state index contributed by atoms with van der Waals surface area (Å²) in [6.45, 7) is 6.36. The van der Waals surface area contributed by atoms with Gasteiger partial charge in [-0.25, -0.2) is 0 Å². The van der Waals surface area contributed by atoms with E-state index in [4.69, 9.17) is 16.3 Å². The SMILES string of the molecule is CC[C@H]1Oc2ccc(NC(=O)c3ccc(Cl)cc3)cc2CN(C(C)C)C1=O. The first-order valence-corrected chi connectivity index (χ1v) is 9.43. The molecule has 0 bridgehead atoms. The van der Waals surface area contributed by atoms with Crippen LogP contribution in [0.25, 0.3) is 0 Å². The largest absolute Gasteiger partial charge is 0.480 e. The summed E-state index contributed by atoms with van der Waals surface area (Å²) in [5.74, 6) is 0.461. The van der Waals surface area contributed by atoms with Gasteiger partial charge in [-0.05, 0) is 62.7 Å². The van der Waals surface area contributed by atoms with E-state index in [1.54, 1.807) is 30.3 Å². The fourth-order valence-electron chi connectivity index (χ4n) is 3.05. The Morgan fingerprint density at radius 3 is 2.59 bits per heavy atom. The number of benzene rings is 2. The molecule has 1 aliphatic rings. The van der Waals surface area contributed by atoms with Crippen LogP contribution in [-0.4, -0.2) is 28.9 Å². The Hall–Kier alpha value is -2.53. The number of halogens is 1. The number of anilines is 1. The summed E-state index contributed by atoms with van der Waals surface area (Å²) in [5.41, 5.74) is 2.06. The quantitative estimate of drug-likeness (QED) is 0.841. The van der Waals surface area contributed by atoms with Crippen molar-refractivity contribution in [3.05, 3.63) is 58.6 Å². The number of ether oxygens (including phenoxy) is 1. The van der Waals surface area contributed by atoms with Crippen molar-refractivity contribution in [2.75, 3.05) is 5.32 Å². The normalized spacial score (nSPS) is 16.6. The van der Waals surface area contributed by atoms with E-state index in [1.165, 1.54) is 0 Å². The van der Waals surface area contributed by atoms with Crippen LogP contribution in [0.15, 0.2) is 42.5 Å². The molecule has 1 heterocycles. The van der Waals surface area contributed by atoms with Crippen molar-refractivity contribution in [1.82, 2.24) is 4.90 Å². The molecule has 142 valence electrons. The highest BCUT2D eigenvalue weighted by Gasteiger charge is 2.31. The first-order valence-electron chi connectivity index (χ1n) is 9.06. The molecule has 0 saturated carbocycles. The van der Waals surface area contributed by atoms with Gasteiger partial charge >= 0.3 is 0 Å². The minimum atomic E-state index is -0.483. The van der Waals surface area contributed by atoms with E-state index >= 15 is 0 Å². The molecule has 1 atom stereocenters. The Morgan fingerprint density at radius 2 is 1.96 bits per heavy atom. The van der Waals surface area contributed by atoms with Gasteiger partial charge in [-0.3, -0.25) is 9.59 Å². The summed E-state index contributed by atoms with van der Waals surface area (Å²) >= 11 is 5.87. The molecule has 0 unspecified atom stereocenters. The Kier molecular flexibility index (Phi) is 5.71. The van der Waals surface area contributed by atoms with Crippen molar-refractivity contribution >= 4 is 29.1 Å². The van der Waals surface area contributed by atoms with Gasteiger partial charge in [0.05, 0.1) is 0 Å². The van der Waals surface area contributed by atoms with E-state index in [0.29, 0.717) is 35.0 Å². The lowest BCUT2D eigenvalue weighted by Gasteiger charge is -2.27. The van der Waals surface area contributed by atoms with Gasteiger partial charge in [0.2, 0.25) is 0 Å². The lowest BCUT2D eigenvalue weighted by molar-refractivity contribution is -0.140. The minimum absolute atomic E-state index is 0.00421. The van der Waals surface area contributed by atoms with Gasteiger partial charge in [-0.1, -0.05) is 18.5 Å². The second-order valence-corrected chi connectivity index (χ2v) is 7.29. The van der Waals surface area contributed by atoms with Gasteiger partial charge in [0.15, 0.2) is 6.10 Å². The highest BCUT2D eigenvalue weighted by atomic mass is 35.5. The number of hydrogen-bond donors (Lipinski definition) is 1. The van der Waals surface area contributed by atoms with Crippen molar-refractivity contribution in [1.29, 1.82) is 0 Å². The van der Waals surface area contributed by atoms with Gasteiger partial charge in [-0.15, -0.1) is 0 Å². The molecule has 0 fully saturated rings. The third kappa shape index (κ3) is 4.25. The van der Waals surface area contributed by atoms with Crippen molar-refractivity contribution in [2.24, 2.45) is 0 Å². The van der Waals surface area contributed by atoms with E-state index in [0.717, 1.165) is 5.56 Å². The standard InChI is InChI=1S/C21H23ClN2O3/c1-4-18-21(26)24(13(2)3)12-15-11-17(9-10-19(15)27-18)23-20(25)14-5-7-16(22)8-6-14/h5-11,13,18H,4,12H2,1-3H3,(H,23,25)/t18-/m1/s1. The van der Waals surface area contributed by atoms with Crippen LogP contribution in [0, 0.1) is 0 Å². The average molecular weight is 387 g/mol. The zero-order valence-corrected chi connectivity index (χ0v) is 16.4. The second kappa shape index (κ2) is 8.01. The number of rotatable bonds is 4. The number of amides is 2. The van der Waals surface area contributed by atoms with Crippen LogP contribution in [-0.2, 0) is 11.3 Å². The molecule has 27 heavy (non-hydrogen) atoms.